The molecule has 0 N–H and O–H groups in total. The minimum atomic E-state index is -0.408. The van der Waals surface area contributed by atoms with Gasteiger partial charge in [-0.15, -0.1) is 0 Å². The molecule has 8 heteroatoms. The average Bonchev–Trinajstić information content (AvgIpc) is 3.49. The topological polar surface area (TPSA) is 103 Å². The number of aromatic nitrogens is 3. The number of benzene rings is 2. The van der Waals surface area contributed by atoms with Crippen molar-refractivity contribution in [3.8, 4) is 28.7 Å². The number of ether oxygens (including phenoxy) is 2. The van der Waals surface area contributed by atoms with Crippen molar-refractivity contribution in [2.45, 2.75) is 38.3 Å². The molecule has 2 aromatic carbocycles. The van der Waals surface area contributed by atoms with Gasteiger partial charge in [-0.05, 0) is 61.6 Å². The molecular formula is C25H22N4O4. The molecule has 0 radical (unpaired) electrons. The van der Waals surface area contributed by atoms with E-state index in [1.54, 1.807) is 37.7 Å². The Bertz CT molecular complexity index is 1410. The first-order chi connectivity index (χ1) is 16.1. The Morgan fingerprint density at radius 3 is 2.79 bits per heavy atom. The fraction of sp³-hybridized carbons (Fsp3) is 0.280. The Balaban J connectivity index is 1.45. The van der Waals surface area contributed by atoms with Gasteiger partial charge in [-0.3, -0.25) is 4.57 Å². The molecule has 2 aromatic heterocycles. The van der Waals surface area contributed by atoms with Crippen LogP contribution in [0.4, 0.5) is 0 Å². The molecule has 1 aliphatic rings. The summed E-state index contributed by atoms with van der Waals surface area (Å²) in [6.07, 6.45) is 7.91. The lowest BCUT2D eigenvalue weighted by Crippen LogP contribution is -2.22. The quantitative estimate of drug-likeness (QED) is 0.438. The molecule has 0 saturated heterocycles. The Kier molecular flexibility index (Phi) is 5.53. The third-order valence-electron chi connectivity index (χ3n) is 5.81. The molecule has 8 nitrogen and oxygen atoms in total. The third-order valence-corrected chi connectivity index (χ3v) is 5.81. The van der Waals surface area contributed by atoms with E-state index in [1.807, 2.05) is 18.2 Å². The Morgan fingerprint density at radius 1 is 1.15 bits per heavy atom. The smallest absolute Gasteiger partial charge is 0.348 e. The maximum atomic E-state index is 12.4. The predicted molar refractivity (Wildman–Crippen MR) is 121 cm³/mol. The van der Waals surface area contributed by atoms with Gasteiger partial charge in [0, 0.05) is 18.0 Å². The highest BCUT2D eigenvalue weighted by Gasteiger charge is 2.19. The fourth-order valence-electron chi connectivity index (χ4n) is 4.11. The van der Waals surface area contributed by atoms with E-state index in [9.17, 15) is 4.79 Å². The zero-order valence-electron chi connectivity index (χ0n) is 18.2. The molecular weight excluding hydrogens is 420 g/mol. The summed E-state index contributed by atoms with van der Waals surface area (Å²) < 4.78 is 18.9. The van der Waals surface area contributed by atoms with Crippen LogP contribution in [0.15, 0.2) is 58.0 Å². The number of rotatable bonds is 6. The fourth-order valence-corrected chi connectivity index (χ4v) is 4.11. The minimum Gasteiger partial charge on any atom is -0.493 e. The molecule has 166 valence electrons. The SMILES string of the molecule is COc1ccc(-c2cnc(=O)n(Cc3nc4cc(C#N)ccc4o3)c2)cc1OC1CCCC1. The molecule has 0 unspecified atom stereocenters. The third kappa shape index (κ3) is 4.30. The summed E-state index contributed by atoms with van der Waals surface area (Å²) >= 11 is 0. The molecule has 4 aromatic rings. The van der Waals surface area contributed by atoms with Gasteiger partial charge in [-0.2, -0.15) is 5.26 Å². The van der Waals surface area contributed by atoms with Crippen molar-refractivity contribution in [3.63, 3.8) is 0 Å². The summed E-state index contributed by atoms with van der Waals surface area (Å²) in [6, 6.07) is 12.8. The zero-order valence-corrected chi connectivity index (χ0v) is 18.2. The minimum absolute atomic E-state index is 0.123. The maximum absolute atomic E-state index is 12.4. The Morgan fingerprint density at radius 2 is 2.00 bits per heavy atom. The van der Waals surface area contributed by atoms with Gasteiger partial charge in [0.15, 0.2) is 17.1 Å². The number of fused-ring (bicyclic) bond motifs is 1. The van der Waals surface area contributed by atoms with Crippen LogP contribution in [0.25, 0.3) is 22.2 Å². The van der Waals surface area contributed by atoms with Crippen molar-refractivity contribution in [2.24, 2.45) is 0 Å². The molecule has 1 aliphatic carbocycles. The second-order valence-electron chi connectivity index (χ2n) is 8.04. The van der Waals surface area contributed by atoms with E-state index < -0.39 is 5.69 Å². The van der Waals surface area contributed by atoms with Crippen LogP contribution in [0.5, 0.6) is 11.5 Å². The summed E-state index contributed by atoms with van der Waals surface area (Å²) in [5.41, 5.74) is 2.85. The van der Waals surface area contributed by atoms with Crippen LogP contribution in [0.1, 0.15) is 37.1 Å². The van der Waals surface area contributed by atoms with Crippen LogP contribution in [-0.4, -0.2) is 27.7 Å². The van der Waals surface area contributed by atoms with Crippen LogP contribution in [0, 0.1) is 11.3 Å². The van der Waals surface area contributed by atoms with E-state index in [0.29, 0.717) is 34.1 Å². The van der Waals surface area contributed by atoms with E-state index in [4.69, 9.17) is 19.2 Å². The van der Waals surface area contributed by atoms with Crippen LogP contribution >= 0.6 is 0 Å². The summed E-state index contributed by atoms with van der Waals surface area (Å²) in [5.74, 6) is 1.73. The van der Waals surface area contributed by atoms with Crippen molar-refractivity contribution < 1.29 is 13.9 Å². The number of methoxy groups -OCH3 is 1. The molecule has 33 heavy (non-hydrogen) atoms. The van der Waals surface area contributed by atoms with Crippen LogP contribution in [0.3, 0.4) is 0 Å². The van der Waals surface area contributed by atoms with Crippen LogP contribution < -0.4 is 15.2 Å². The van der Waals surface area contributed by atoms with E-state index in [0.717, 1.165) is 24.0 Å². The van der Waals surface area contributed by atoms with Crippen molar-refractivity contribution in [2.75, 3.05) is 7.11 Å². The number of nitriles is 1. The van der Waals surface area contributed by atoms with Crippen molar-refractivity contribution in [1.29, 1.82) is 5.26 Å². The molecule has 1 saturated carbocycles. The van der Waals surface area contributed by atoms with Crippen molar-refractivity contribution >= 4 is 11.1 Å². The van der Waals surface area contributed by atoms with Gasteiger partial charge in [-0.25, -0.2) is 14.8 Å². The predicted octanol–water partition coefficient (Wildman–Crippen LogP) is 4.30. The summed E-state index contributed by atoms with van der Waals surface area (Å²) in [7, 11) is 1.62. The van der Waals surface area contributed by atoms with E-state index >= 15 is 0 Å². The number of oxazole rings is 1. The zero-order chi connectivity index (χ0) is 22.8. The molecule has 1 fully saturated rings. The first-order valence-electron chi connectivity index (χ1n) is 10.8. The van der Waals surface area contributed by atoms with Gasteiger partial charge in [-0.1, -0.05) is 6.07 Å². The summed E-state index contributed by atoms with van der Waals surface area (Å²) in [4.78, 5) is 20.9. The first kappa shape index (κ1) is 20.8. The largest absolute Gasteiger partial charge is 0.493 e. The van der Waals surface area contributed by atoms with Gasteiger partial charge < -0.3 is 13.9 Å². The second-order valence-corrected chi connectivity index (χ2v) is 8.04. The molecule has 0 bridgehead atoms. The van der Waals surface area contributed by atoms with Crippen molar-refractivity contribution in [3.05, 3.63) is 70.7 Å². The van der Waals surface area contributed by atoms with Gasteiger partial charge >= 0.3 is 5.69 Å². The Hall–Kier alpha value is -4.12. The first-order valence-corrected chi connectivity index (χ1v) is 10.8. The van der Waals surface area contributed by atoms with Crippen LogP contribution in [-0.2, 0) is 6.54 Å². The van der Waals surface area contributed by atoms with Gasteiger partial charge in [0.2, 0.25) is 5.89 Å². The lowest BCUT2D eigenvalue weighted by atomic mass is 10.1. The number of hydrogen-bond donors (Lipinski definition) is 0. The molecule has 0 aliphatic heterocycles. The second kappa shape index (κ2) is 8.79. The normalized spacial score (nSPS) is 13.8. The Labute approximate surface area is 190 Å². The van der Waals surface area contributed by atoms with Gasteiger partial charge in [0.05, 0.1) is 24.8 Å². The maximum Gasteiger partial charge on any atom is 0.348 e. The number of nitrogens with zero attached hydrogens (tertiary/aromatic N) is 4. The summed E-state index contributed by atoms with van der Waals surface area (Å²) in [6.45, 7) is 0.123. The molecule has 2 heterocycles. The highest BCUT2D eigenvalue weighted by Crippen LogP contribution is 2.35. The van der Waals surface area contributed by atoms with E-state index in [-0.39, 0.29) is 12.6 Å². The lowest BCUT2D eigenvalue weighted by Gasteiger charge is -2.17. The average molecular weight is 442 g/mol. The standard InChI is InChI=1S/C25H22N4O4/c1-31-22-9-7-17(11-23(22)32-19-4-2-3-5-19)18-13-27-25(30)29(14-18)15-24-28-20-10-16(12-26)6-8-21(20)33-24/h6-11,13-14,19H,2-5,15H2,1H3. The lowest BCUT2D eigenvalue weighted by molar-refractivity contribution is 0.201. The van der Waals surface area contributed by atoms with Crippen molar-refractivity contribution in [1.82, 2.24) is 14.5 Å². The molecule has 5 rings (SSSR count). The van der Waals surface area contributed by atoms with E-state index in [2.05, 4.69) is 16.0 Å². The highest BCUT2D eigenvalue weighted by atomic mass is 16.5. The molecule has 0 atom stereocenters. The van der Waals surface area contributed by atoms with Gasteiger partial charge in [0.1, 0.15) is 12.1 Å². The summed E-state index contributed by atoms with van der Waals surface area (Å²) in [5, 5.41) is 9.07. The monoisotopic (exact) mass is 442 g/mol. The van der Waals surface area contributed by atoms with Crippen LogP contribution in [0.2, 0.25) is 0 Å². The molecule has 0 amide bonds. The highest BCUT2D eigenvalue weighted by molar-refractivity contribution is 5.74. The van der Waals surface area contributed by atoms with Gasteiger partial charge in [0.25, 0.3) is 0 Å². The molecule has 0 spiro atoms. The van der Waals surface area contributed by atoms with E-state index in [1.165, 1.54) is 17.4 Å². The number of hydrogen-bond acceptors (Lipinski definition) is 7.